The summed E-state index contributed by atoms with van der Waals surface area (Å²) < 4.78 is 24.9. The Morgan fingerprint density at radius 2 is 2.30 bits per heavy atom. The topological polar surface area (TPSA) is 27.0 Å². The molecule has 0 N–H and O–H groups in total. The summed E-state index contributed by atoms with van der Waals surface area (Å²) in [6.45, 7) is -0.286. The number of hydrogen-bond donors (Lipinski definition) is 0. The van der Waals surface area contributed by atoms with Crippen molar-refractivity contribution in [2.75, 3.05) is 13.6 Å². The molecule has 0 saturated carbocycles. The van der Waals surface area contributed by atoms with Gasteiger partial charge in [-0.15, -0.1) is 0 Å². The van der Waals surface area contributed by atoms with Crippen molar-refractivity contribution in [3.05, 3.63) is 0 Å². The molecule has 1 fully saturated rings. The molecule has 1 saturated heterocycles. The second-order valence-corrected chi connectivity index (χ2v) is 2.62. The number of hydrogen-bond acceptors (Lipinski definition) is 2. The van der Waals surface area contributed by atoms with Gasteiger partial charge in [0, 0.05) is 6.42 Å². The molecule has 1 unspecified atom stereocenters. The van der Waals surface area contributed by atoms with Crippen LogP contribution in [-0.4, -0.2) is 30.5 Å². The van der Waals surface area contributed by atoms with Gasteiger partial charge in [0.2, 0.25) is 0 Å². The first-order valence-corrected chi connectivity index (χ1v) is 3.03. The van der Waals surface area contributed by atoms with Crippen molar-refractivity contribution in [1.82, 2.24) is 4.90 Å². The van der Waals surface area contributed by atoms with Gasteiger partial charge in [-0.1, -0.05) is 0 Å². The molecule has 0 aromatic rings. The number of nitriles is 1. The summed E-state index contributed by atoms with van der Waals surface area (Å²) in [7, 11) is 1.54. The molecule has 1 aliphatic heterocycles. The minimum Gasteiger partial charge on any atom is -0.285 e. The van der Waals surface area contributed by atoms with Crippen LogP contribution in [0.4, 0.5) is 8.78 Å². The van der Waals surface area contributed by atoms with E-state index in [9.17, 15) is 8.78 Å². The van der Waals surface area contributed by atoms with E-state index in [1.165, 1.54) is 11.9 Å². The van der Waals surface area contributed by atoms with Crippen molar-refractivity contribution in [2.45, 2.75) is 18.4 Å². The lowest BCUT2D eigenvalue weighted by atomic mass is 10.2. The lowest BCUT2D eigenvalue weighted by Crippen LogP contribution is -2.24. The summed E-state index contributed by atoms with van der Waals surface area (Å²) in [5.41, 5.74) is 0. The van der Waals surface area contributed by atoms with Gasteiger partial charge in [0.25, 0.3) is 5.92 Å². The van der Waals surface area contributed by atoms with Crippen LogP contribution in [0, 0.1) is 11.3 Å². The Kier molecular flexibility index (Phi) is 1.61. The maximum atomic E-state index is 12.4. The predicted molar refractivity (Wildman–Crippen MR) is 31.6 cm³/mol. The molecular formula is C6H8F2N2. The summed E-state index contributed by atoms with van der Waals surface area (Å²) in [5, 5.41) is 8.34. The SMILES string of the molecule is CN1CC(F)(F)CC1C#N. The fraction of sp³-hybridized carbons (Fsp3) is 0.833. The predicted octanol–water partition coefficient (Wildman–Crippen LogP) is 0.849. The first kappa shape index (κ1) is 7.42. The summed E-state index contributed by atoms with van der Waals surface area (Å²) in [4.78, 5) is 1.38. The summed E-state index contributed by atoms with van der Waals surface area (Å²) in [6.07, 6.45) is -0.319. The Bertz CT molecular complexity index is 173. The van der Waals surface area contributed by atoms with E-state index in [0.717, 1.165) is 0 Å². The summed E-state index contributed by atoms with van der Waals surface area (Å²) in [6, 6.07) is 1.21. The Balaban J connectivity index is 2.63. The highest BCUT2D eigenvalue weighted by atomic mass is 19.3. The van der Waals surface area contributed by atoms with E-state index in [1.54, 1.807) is 0 Å². The van der Waals surface area contributed by atoms with E-state index in [0.29, 0.717) is 0 Å². The maximum Gasteiger partial charge on any atom is 0.263 e. The Labute approximate surface area is 58.0 Å². The molecule has 0 radical (unpaired) electrons. The van der Waals surface area contributed by atoms with Crippen LogP contribution >= 0.6 is 0 Å². The van der Waals surface area contributed by atoms with Crippen LogP contribution in [0.2, 0.25) is 0 Å². The average molecular weight is 146 g/mol. The first-order valence-electron chi connectivity index (χ1n) is 3.03. The summed E-state index contributed by atoms with van der Waals surface area (Å²) in [5.74, 6) is -2.66. The standard InChI is InChI=1S/C6H8F2N2/c1-10-4-6(7,8)2-5(10)3-9/h5H,2,4H2,1H3. The molecule has 0 spiro atoms. The zero-order valence-corrected chi connectivity index (χ0v) is 5.64. The van der Waals surface area contributed by atoms with Gasteiger partial charge in [0.15, 0.2) is 0 Å². The van der Waals surface area contributed by atoms with Gasteiger partial charge in [-0.3, -0.25) is 4.90 Å². The molecule has 1 rings (SSSR count). The average Bonchev–Trinajstić information content (AvgIpc) is 2.05. The third kappa shape index (κ3) is 1.24. The molecule has 1 atom stereocenters. The highest BCUT2D eigenvalue weighted by Gasteiger charge is 2.43. The molecule has 4 heteroatoms. The van der Waals surface area contributed by atoms with Gasteiger partial charge in [0.1, 0.15) is 6.04 Å². The van der Waals surface area contributed by atoms with Gasteiger partial charge < -0.3 is 0 Å². The van der Waals surface area contributed by atoms with Crippen LogP contribution in [-0.2, 0) is 0 Å². The molecule has 0 aromatic carbocycles. The van der Waals surface area contributed by atoms with Crippen LogP contribution in [0.25, 0.3) is 0 Å². The molecule has 56 valence electrons. The normalized spacial score (nSPS) is 32.0. The number of likely N-dealkylation sites (tertiary alicyclic amines) is 1. The third-order valence-electron chi connectivity index (χ3n) is 1.65. The lowest BCUT2D eigenvalue weighted by Gasteiger charge is -2.09. The van der Waals surface area contributed by atoms with E-state index < -0.39 is 12.0 Å². The van der Waals surface area contributed by atoms with Crippen LogP contribution in [0.3, 0.4) is 0 Å². The van der Waals surface area contributed by atoms with Gasteiger partial charge >= 0.3 is 0 Å². The molecule has 0 aliphatic carbocycles. The Hall–Kier alpha value is -0.690. The van der Waals surface area contributed by atoms with E-state index >= 15 is 0 Å². The molecule has 0 amide bonds. The molecule has 0 bridgehead atoms. The fourth-order valence-corrected chi connectivity index (χ4v) is 1.12. The smallest absolute Gasteiger partial charge is 0.263 e. The zero-order chi connectivity index (χ0) is 7.78. The minimum absolute atomic E-state index is 0.286. The largest absolute Gasteiger partial charge is 0.285 e. The van der Waals surface area contributed by atoms with Crippen LogP contribution in [0.5, 0.6) is 0 Å². The van der Waals surface area contributed by atoms with Crippen molar-refractivity contribution in [3.8, 4) is 6.07 Å². The minimum atomic E-state index is -2.66. The van der Waals surface area contributed by atoms with Gasteiger partial charge in [-0.2, -0.15) is 5.26 Å². The number of alkyl halides is 2. The van der Waals surface area contributed by atoms with Crippen LogP contribution in [0.1, 0.15) is 6.42 Å². The van der Waals surface area contributed by atoms with Crippen molar-refractivity contribution in [3.63, 3.8) is 0 Å². The Morgan fingerprint density at radius 1 is 1.70 bits per heavy atom. The first-order chi connectivity index (χ1) is 4.55. The van der Waals surface area contributed by atoms with Crippen molar-refractivity contribution in [1.29, 1.82) is 5.26 Å². The van der Waals surface area contributed by atoms with E-state index in [-0.39, 0.29) is 13.0 Å². The molecule has 1 heterocycles. The maximum absolute atomic E-state index is 12.4. The molecule has 0 aromatic heterocycles. The van der Waals surface area contributed by atoms with E-state index in [2.05, 4.69) is 0 Å². The lowest BCUT2D eigenvalue weighted by molar-refractivity contribution is 0.0143. The fourth-order valence-electron chi connectivity index (χ4n) is 1.12. The van der Waals surface area contributed by atoms with Gasteiger partial charge in [-0.05, 0) is 7.05 Å². The number of rotatable bonds is 0. The second-order valence-electron chi connectivity index (χ2n) is 2.62. The zero-order valence-electron chi connectivity index (χ0n) is 5.64. The van der Waals surface area contributed by atoms with Crippen LogP contribution in [0.15, 0.2) is 0 Å². The second kappa shape index (κ2) is 2.17. The van der Waals surface area contributed by atoms with Crippen molar-refractivity contribution in [2.24, 2.45) is 0 Å². The number of nitrogens with zero attached hydrogens (tertiary/aromatic N) is 2. The van der Waals surface area contributed by atoms with Crippen molar-refractivity contribution < 1.29 is 8.78 Å². The van der Waals surface area contributed by atoms with Crippen LogP contribution < -0.4 is 0 Å². The third-order valence-corrected chi connectivity index (χ3v) is 1.65. The monoisotopic (exact) mass is 146 g/mol. The molecule has 2 nitrogen and oxygen atoms in total. The van der Waals surface area contributed by atoms with E-state index in [1.807, 2.05) is 6.07 Å². The molecule has 10 heavy (non-hydrogen) atoms. The Morgan fingerprint density at radius 3 is 2.50 bits per heavy atom. The van der Waals surface area contributed by atoms with Gasteiger partial charge in [-0.25, -0.2) is 8.78 Å². The number of halogens is 2. The molecular weight excluding hydrogens is 138 g/mol. The van der Waals surface area contributed by atoms with E-state index in [4.69, 9.17) is 5.26 Å². The summed E-state index contributed by atoms with van der Waals surface area (Å²) >= 11 is 0. The molecule has 1 aliphatic rings. The van der Waals surface area contributed by atoms with Gasteiger partial charge in [0.05, 0.1) is 12.6 Å². The highest BCUT2D eigenvalue weighted by molar-refractivity contribution is 5.00. The van der Waals surface area contributed by atoms with Crippen molar-refractivity contribution >= 4 is 0 Å². The highest BCUT2D eigenvalue weighted by Crippen LogP contribution is 2.29. The quantitative estimate of drug-likeness (QED) is 0.506.